The summed E-state index contributed by atoms with van der Waals surface area (Å²) in [6.45, 7) is 3.98. The van der Waals surface area contributed by atoms with Crippen LogP contribution in [0, 0.1) is 0 Å². The molecule has 0 saturated carbocycles. The summed E-state index contributed by atoms with van der Waals surface area (Å²) in [5, 5.41) is 6.55. The van der Waals surface area contributed by atoms with Gasteiger partial charge in [0.15, 0.2) is 5.82 Å². The zero-order valence-corrected chi connectivity index (χ0v) is 10.3. The molecule has 94 valence electrons. The van der Waals surface area contributed by atoms with E-state index in [1.807, 2.05) is 12.3 Å². The third-order valence-electron chi connectivity index (χ3n) is 3.14. The molecule has 2 aromatic rings. The van der Waals surface area contributed by atoms with E-state index in [4.69, 9.17) is 5.73 Å². The first-order valence-corrected chi connectivity index (χ1v) is 6.15. The molecule has 6 nitrogen and oxygen atoms in total. The van der Waals surface area contributed by atoms with Crippen LogP contribution in [0.25, 0.3) is 11.0 Å². The largest absolute Gasteiger partial charge is 0.368 e. The minimum absolute atomic E-state index is 0.285. The summed E-state index contributed by atoms with van der Waals surface area (Å²) >= 11 is 0. The van der Waals surface area contributed by atoms with E-state index in [1.54, 1.807) is 0 Å². The molecule has 0 radical (unpaired) electrons. The Morgan fingerprint density at radius 3 is 2.94 bits per heavy atom. The van der Waals surface area contributed by atoms with E-state index < -0.39 is 0 Å². The molecule has 6 heteroatoms. The maximum atomic E-state index is 5.75. The fraction of sp³-hybridized carbons (Fsp3) is 0.417. The zero-order valence-electron chi connectivity index (χ0n) is 10.3. The van der Waals surface area contributed by atoms with E-state index in [2.05, 4.69) is 32.5 Å². The second kappa shape index (κ2) is 4.38. The monoisotopic (exact) mass is 244 g/mol. The van der Waals surface area contributed by atoms with Crippen LogP contribution in [0.2, 0.25) is 0 Å². The van der Waals surface area contributed by atoms with Crippen molar-refractivity contribution in [1.82, 2.24) is 20.3 Å². The molecule has 2 aromatic heterocycles. The molecule has 1 aliphatic heterocycles. The van der Waals surface area contributed by atoms with Crippen LogP contribution < -0.4 is 16.4 Å². The molecular formula is C12H16N6. The second-order valence-corrected chi connectivity index (χ2v) is 4.49. The number of nitrogen functional groups attached to an aromatic ring is 1. The molecule has 0 unspecified atom stereocenters. The van der Waals surface area contributed by atoms with Gasteiger partial charge in [-0.15, -0.1) is 0 Å². The van der Waals surface area contributed by atoms with Crippen molar-refractivity contribution in [2.24, 2.45) is 0 Å². The van der Waals surface area contributed by atoms with E-state index in [1.165, 1.54) is 0 Å². The van der Waals surface area contributed by atoms with Crippen LogP contribution in [-0.4, -0.2) is 34.1 Å². The average molecular weight is 244 g/mol. The Balaban J connectivity index is 2.05. The lowest BCUT2D eigenvalue weighted by Gasteiger charge is -2.28. The summed E-state index contributed by atoms with van der Waals surface area (Å²) in [7, 11) is 0. The van der Waals surface area contributed by atoms with Crippen molar-refractivity contribution in [2.45, 2.75) is 19.4 Å². The fourth-order valence-corrected chi connectivity index (χ4v) is 1.96. The van der Waals surface area contributed by atoms with Crippen molar-refractivity contribution in [3.63, 3.8) is 0 Å². The lowest BCUT2D eigenvalue weighted by Crippen LogP contribution is -2.51. The Morgan fingerprint density at radius 2 is 2.28 bits per heavy atom. The standard InChI is InChI=1S/C12H16N6/c1-2-7-3-9-10(15-4-7)11(18-12(13)17-9)16-8-5-14-6-8/h3-4,8,14H,2,5-6H2,1H3,(H3,13,16,17,18). The molecule has 3 heterocycles. The van der Waals surface area contributed by atoms with Crippen molar-refractivity contribution in [3.05, 3.63) is 17.8 Å². The quantitative estimate of drug-likeness (QED) is 0.731. The molecule has 0 bridgehead atoms. The molecule has 1 fully saturated rings. The minimum atomic E-state index is 0.285. The lowest BCUT2D eigenvalue weighted by molar-refractivity contribution is 0.471. The number of hydrogen-bond acceptors (Lipinski definition) is 6. The van der Waals surface area contributed by atoms with Crippen molar-refractivity contribution in [3.8, 4) is 0 Å². The van der Waals surface area contributed by atoms with Crippen LogP contribution in [0.4, 0.5) is 11.8 Å². The molecule has 18 heavy (non-hydrogen) atoms. The van der Waals surface area contributed by atoms with Gasteiger partial charge < -0.3 is 16.4 Å². The number of anilines is 2. The van der Waals surface area contributed by atoms with Gasteiger partial charge in [-0.3, -0.25) is 4.98 Å². The van der Waals surface area contributed by atoms with E-state index >= 15 is 0 Å². The lowest BCUT2D eigenvalue weighted by atomic mass is 10.1. The molecule has 0 amide bonds. The first-order valence-electron chi connectivity index (χ1n) is 6.15. The maximum Gasteiger partial charge on any atom is 0.222 e. The van der Waals surface area contributed by atoms with Crippen LogP contribution in [-0.2, 0) is 6.42 Å². The van der Waals surface area contributed by atoms with Gasteiger partial charge in [0.05, 0.1) is 11.6 Å². The smallest absolute Gasteiger partial charge is 0.222 e. The number of rotatable bonds is 3. The van der Waals surface area contributed by atoms with Crippen LogP contribution >= 0.6 is 0 Å². The molecule has 0 aliphatic carbocycles. The van der Waals surface area contributed by atoms with Gasteiger partial charge in [0.2, 0.25) is 5.95 Å². The van der Waals surface area contributed by atoms with Gasteiger partial charge in [-0.1, -0.05) is 6.92 Å². The highest BCUT2D eigenvalue weighted by molar-refractivity contribution is 5.86. The van der Waals surface area contributed by atoms with Crippen molar-refractivity contribution in [1.29, 1.82) is 0 Å². The predicted octanol–water partition coefficient (Wildman–Crippen LogP) is 0.553. The van der Waals surface area contributed by atoms with Crippen LogP contribution in [0.5, 0.6) is 0 Å². The minimum Gasteiger partial charge on any atom is -0.368 e. The Bertz CT molecular complexity index is 578. The van der Waals surface area contributed by atoms with Crippen molar-refractivity contribution in [2.75, 3.05) is 24.1 Å². The summed E-state index contributed by atoms with van der Waals surface area (Å²) in [6.07, 6.45) is 2.80. The van der Waals surface area contributed by atoms with E-state index in [0.717, 1.165) is 41.9 Å². The number of nitrogens with zero attached hydrogens (tertiary/aromatic N) is 3. The summed E-state index contributed by atoms with van der Waals surface area (Å²) in [5.41, 5.74) is 8.48. The molecule has 3 rings (SSSR count). The van der Waals surface area contributed by atoms with Gasteiger partial charge in [0.25, 0.3) is 0 Å². The highest BCUT2D eigenvalue weighted by atomic mass is 15.2. The Labute approximate surface area is 105 Å². The fourth-order valence-electron chi connectivity index (χ4n) is 1.96. The first kappa shape index (κ1) is 11.2. The Kier molecular flexibility index (Phi) is 2.71. The Hall–Kier alpha value is -1.95. The predicted molar refractivity (Wildman–Crippen MR) is 71.4 cm³/mol. The summed E-state index contributed by atoms with van der Waals surface area (Å²) < 4.78 is 0. The number of nitrogens with two attached hydrogens (primary N) is 1. The summed E-state index contributed by atoms with van der Waals surface area (Å²) in [6, 6.07) is 2.42. The number of nitrogens with one attached hydrogen (secondary N) is 2. The van der Waals surface area contributed by atoms with E-state index in [-0.39, 0.29) is 5.95 Å². The maximum absolute atomic E-state index is 5.75. The highest BCUT2D eigenvalue weighted by Crippen LogP contribution is 2.21. The molecule has 0 aromatic carbocycles. The van der Waals surface area contributed by atoms with Gasteiger partial charge in [-0.2, -0.15) is 4.98 Å². The van der Waals surface area contributed by atoms with Crippen molar-refractivity contribution >= 4 is 22.8 Å². The van der Waals surface area contributed by atoms with E-state index in [9.17, 15) is 0 Å². The third kappa shape index (κ3) is 1.95. The molecule has 0 spiro atoms. The number of aryl methyl sites for hydroxylation is 1. The highest BCUT2D eigenvalue weighted by Gasteiger charge is 2.18. The molecule has 1 aliphatic rings. The summed E-state index contributed by atoms with van der Waals surface area (Å²) in [5.74, 6) is 1.01. The third-order valence-corrected chi connectivity index (χ3v) is 3.14. The normalized spacial score (nSPS) is 15.6. The number of aromatic nitrogens is 3. The Morgan fingerprint density at radius 1 is 1.44 bits per heavy atom. The van der Waals surface area contributed by atoms with Gasteiger partial charge in [0, 0.05) is 19.3 Å². The van der Waals surface area contributed by atoms with Gasteiger partial charge >= 0.3 is 0 Å². The average Bonchev–Trinajstić information content (AvgIpc) is 2.32. The number of hydrogen-bond donors (Lipinski definition) is 3. The summed E-state index contributed by atoms with van der Waals surface area (Å²) in [4.78, 5) is 12.9. The van der Waals surface area contributed by atoms with Gasteiger partial charge in [-0.05, 0) is 18.1 Å². The SMILES string of the molecule is CCc1cnc2c(NC3CNC3)nc(N)nc2c1. The van der Waals surface area contributed by atoms with Gasteiger partial charge in [-0.25, -0.2) is 4.98 Å². The number of fused-ring (bicyclic) bond motifs is 1. The van der Waals surface area contributed by atoms with Gasteiger partial charge in [0.1, 0.15) is 5.52 Å². The molecule has 1 saturated heterocycles. The van der Waals surface area contributed by atoms with Crippen molar-refractivity contribution < 1.29 is 0 Å². The molecule has 0 atom stereocenters. The van der Waals surface area contributed by atoms with E-state index in [0.29, 0.717) is 6.04 Å². The van der Waals surface area contributed by atoms with Crippen LogP contribution in [0.15, 0.2) is 12.3 Å². The molecular weight excluding hydrogens is 228 g/mol. The first-order chi connectivity index (χ1) is 8.76. The number of pyridine rings is 1. The van der Waals surface area contributed by atoms with Crippen LogP contribution in [0.1, 0.15) is 12.5 Å². The zero-order chi connectivity index (χ0) is 12.5. The van der Waals surface area contributed by atoms with Crippen LogP contribution in [0.3, 0.4) is 0 Å². The topological polar surface area (TPSA) is 88.8 Å². The second-order valence-electron chi connectivity index (χ2n) is 4.49. The molecule has 4 N–H and O–H groups in total.